The van der Waals surface area contributed by atoms with E-state index in [9.17, 15) is 4.79 Å². The van der Waals surface area contributed by atoms with Crippen LogP contribution in [0.4, 0.5) is 0 Å². The Balaban J connectivity index is 1.68. The number of hydrogen-bond donors (Lipinski definition) is 1. The second-order valence-corrected chi connectivity index (χ2v) is 7.22. The molecule has 0 saturated heterocycles. The maximum atomic E-state index is 10.7. The SMILES string of the molecule is O=CCc1ccc(C(CC2CCCC2)c2cc3cccnc3[nH]2)cc1. The summed E-state index contributed by atoms with van der Waals surface area (Å²) in [6.07, 6.45) is 9.89. The maximum Gasteiger partial charge on any atom is 0.137 e. The molecule has 2 heterocycles. The Kier molecular flexibility index (Phi) is 4.64. The number of carbonyl (C=O) groups is 1. The Bertz CT molecular complexity index is 811. The highest BCUT2D eigenvalue weighted by Gasteiger charge is 2.24. The Labute approximate surface area is 148 Å². The van der Waals surface area contributed by atoms with Gasteiger partial charge >= 0.3 is 0 Å². The minimum atomic E-state index is 0.364. The van der Waals surface area contributed by atoms with Crippen LogP contribution in [-0.2, 0) is 11.2 Å². The molecule has 2 aromatic heterocycles. The molecule has 1 fully saturated rings. The van der Waals surface area contributed by atoms with E-state index in [1.807, 2.05) is 12.3 Å². The van der Waals surface area contributed by atoms with Crippen molar-refractivity contribution in [2.75, 3.05) is 0 Å². The third-order valence-electron chi connectivity index (χ3n) is 5.53. The van der Waals surface area contributed by atoms with Crippen LogP contribution in [0, 0.1) is 5.92 Å². The third-order valence-corrected chi connectivity index (χ3v) is 5.53. The lowest BCUT2D eigenvalue weighted by Gasteiger charge is -2.20. The van der Waals surface area contributed by atoms with Crippen molar-refractivity contribution < 1.29 is 4.79 Å². The summed E-state index contributed by atoms with van der Waals surface area (Å²) in [4.78, 5) is 18.7. The number of carbonyl (C=O) groups excluding carboxylic acids is 1. The molecular weight excluding hydrogens is 308 g/mol. The normalized spacial score (nSPS) is 16.3. The molecular formula is C22H24N2O. The quantitative estimate of drug-likeness (QED) is 0.644. The van der Waals surface area contributed by atoms with E-state index in [1.165, 1.54) is 48.7 Å². The summed E-state index contributed by atoms with van der Waals surface area (Å²) in [7, 11) is 0. The number of fused-ring (bicyclic) bond motifs is 1. The van der Waals surface area contributed by atoms with E-state index in [0.717, 1.165) is 23.4 Å². The van der Waals surface area contributed by atoms with Gasteiger partial charge in [0, 0.05) is 29.6 Å². The van der Waals surface area contributed by atoms with Crippen LogP contribution >= 0.6 is 0 Å². The average Bonchev–Trinajstić information content (AvgIpc) is 3.30. The van der Waals surface area contributed by atoms with Gasteiger partial charge in [0.05, 0.1) is 0 Å². The molecule has 25 heavy (non-hydrogen) atoms. The summed E-state index contributed by atoms with van der Waals surface area (Å²) in [5.41, 5.74) is 4.63. The highest BCUT2D eigenvalue weighted by Crippen LogP contribution is 2.38. The van der Waals surface area contributed by atoms with Crippen molar-refractivity contribution in [1.82, 2.24) is 9.97 Å². The fourth-order valence-electron chi connectivity index (χ4n) is 4.17. The van der Waals surface area contributed by atoms with Crippen molar-refractivity contribution in [2.45, 2.75) is 44.4 Å². The zero-order chi connectivity index (χ0) is 17.1. The van der Waals surface area contributed by atoms with E-state index in [2.05, 4.69) is 46.4 Å². The van der Waals surface area contributed by atoms with Crippen molar-refractivity contribution in [1.29, 1.82) is 0 Å². The van der Waals surface area contributed by atoms with Gasteiger partial charge in [0.2, 0.25) is 0 Å². The molecule has 0 aliphatic heterocycles. The van der Waals surface area contributed by atoms with E-state index >= 15 is 0 Å². The molecule has 0 radical (unpaired) electrons. The van der Waals surface area contributed by atoms with Gasteiger partial charge in [-0.2, -0.15) is 0 Å². The molecule has 1 aliphatic rings. The predicted octanol–water partition coefficient (Wildman–Crippen LogP) is 5.02. The highest BCUT2D eigenvalue weighted by atomic mass is 16.1. The molecule has 1 aromatic carbocycles. The first-order valence-electron chi connectivity index (χ1n) is 9.29. The standard InChI is InChI=1S/C22H24N2O/c25-13-11-16-7-9-18(10-8-16)20(14-17-4-1-2-5-17)21-15-19-6-3-12-23-22(19)24-21/h3,6-10,12-13,15,17,20H,1-2,4-5,11,14H2,(H,23,24). The van der Waals surface area contributed by atoms with Crippen LogP contribution in [0.2, 0.25) is 0 Å². The lowest BCUT2D eigenvalue weighted by Crippen LogP contribution is -2.07. The summed E-state index contributed by atoms with van der Waals surface area (Å²) in [5, 5.41) is 1.17. The third kappa shape index (κ3) is 3.51. The van der Waals surface area contributed by atoms with Crippen molar-refractivity contribution >= 4 is 17.3 Å². The number of aldehydes is 1. The number of rotatable bonds is 6. The molecule has 1 N–H and O–H groups in total. The molecule has 1 saturated carbocycles. The summed E-state index contributed by atoms with van der Waals surface area (Å²) in [6, 6.07) is 14.9. The molecule has 0 amide bonds. The first-order chi connectivity index (χ1) is 12.3. The smallest absolute Gasteiger partial charge is 0.137 e. The number of aromatic nitrogens is 2. The van der Waals surface area contributed by atoms with E-state index in [0.29, 0.717) is 12.3 Å². The van der Waals surface area contributed by atoms with E-state index in [-0.39, 0.29) is 0 Å². The second-order valence-electron chi connectivity index (χ2n) is 7.22. The van der Waals surface area contributed by atoms with E-state index < -0.39 is 0 Å². The van der Waals surface area contributed by atoms with E-state index in [4.69, 9.17) is 0 Å². The molecule has 3 aromatic rings. The van der Waals surface area contributed by atoms with E-state index in [1.54, 1.807) is 0 Å². The van der Waals surface area contributed by atoms with Crippen LogP contribution in [0.25, 0.3) is 11.0 Å². The monoisotopic (exact) mass is 332 g/mol. The van der Waals surface area contributed by atoms with Gasteiger partial charge in [-0.25, -0.2) is 4.98 Å². The van der Waals surface area contributed by atoms with Gasteiger partial charge in [0.25, 0.3) is 0 Å². The number of nitrogens with zero attached hydrogens (tertiary/aromatic N) is 1. The van der Waals surface area contributed by atoms with Gasteiger partial charge in [0.15, 0.2) is 0 Å². The summed E-state index contributed by atoms with van der Waals surface area (Å²) < 4.78 is 0. The van der Waals surface area contributed by atoms with Gasteiger partial charge in [-0.05, 0) is 41.7 Å². The molecule has 1 aliphatic carbocycles. The number of nitrogens with one attached hydrogen (secondary N) is 1. The van der Waals surface area contributed by atoms with Crippen LogP contribution in [0.3, 0.4) is 0 Å². The molecule has 3 heteroatoms. The molecule has 4 rings (SSSR count). The first kappa shape index (κ1) is 16.1. The lowest BCUT2D eigenvalue weighted by atomic mass is 9.85. The molecule has 1 atom stereocenters. The number of hydrogen-bond acceptors (Lipinski definition) is 2. The summed E-state index contributed by atoms with van der Waals surface area (Å²) in [6.45, 7) is 0. The van der Waals surface area contributed by atoms with Gasteiger partial charge in [-0.1, -0.05) is 49.9 Å². The zero-order valence-electron chi connectivity index (χ0n) is 14.4. The van der Waals surface area contributed by atoms with Crippen molar-refractivity contribution in [3.8, 4) is 0 Å². The van der Waals surface area contributed by atoms with Gasteiger partial charge in [-0.3, -0.25) is 0 Å². The number of benzene rings is 1. The molecule has 0 spiro atoms. The van der Waals surface area contributed by atoms with Crippen LogP contribution in [0.5, 0.6) is 0 Å². The number of H-pyrrole nitrogens is 1. The lowest BCUT2D eigenvalue weighted by molar-refractivity contribution is -0.107. The van der Waals surface area contributed by atoms with Gasteiger partial charge < -0.3 is 9.78 Å². The fraction of sp³-hybridized carbons (Fsp3) is 0.364. The highest BCUT2D eigenvalue weighted by molar-refractivity contribution is 5.76. The Hall–Kier alpha value is -2.42. The Morgan fingerprint density at radius 2 is 1.96 bits per heavy atom. The van der Waals surface area contributed by atoms with Gasteiger partial charge in [0.1, 0.15) is 11.9 Å². The minimum absolute atomic E-state index is 0.364. The van der Waals surface area contributed by atoms with Crippen LogP contribution in [-0.4, -0.2) is 16.3 Å². The van der Waals surface area contributed by atoms with Crippen LogP contribution in [0.1, 0.15) is 54.8 Å². The largest absolute Gasteiger partial charge is 0.343 e. The van der Waals surface area contributed by atoms with Crippen molar-refractivity contribution in [2.24, 2.45) is 5.92 Å². The van der Waals surface area contributed by atoms with Gasteiger partial charge in [-0.15, -0.1) is 0 Å². The fourth-order valence-corrected chi connectivity index (χ4v) is 4.17. The van der Waals surface area contributed by atoms with Crippen molar-refractivity contribution in [3.63, 3.8) is 0 Å². The molecule has 128 valence electrons. The first-order valence-corrected chi connectivity index (χ1v) is 9.29. The summed E-state index contributed by atoms with van der Waals surface area (Å²) in [5.74, 6) is 1.17. The molecule has 1 unspecified atom stereocenters. The van der Waals surface area contributed by atoms with Crippen molar-refractivity contribution in [3.05, 3.63) is 65.5 Å². The zero-order valence-corrected chi connectivity index (χ0v) is 14.4. The predicted molar refractivity (Wildman–Crippen MR) is 101 cm³/mol. The second kappa shape index (κ2) is 7.22. The maximum absolute atomic E-state index is 10.7. The minimum Gasteiger partial charge on any atom is -0.343 e. The number of aromatic amines is 1. The van der Waals surface area contributed by atoms with Crippen LogP contribution in [0.15, 0.2) is 48.7 Å². The molecule has 3 nitrogen and oxygen atoms in total. The number of pyridine rings is 1. The summed E-state index contributed by atoms with van der Waals surface area (Å²) >= 11 is 0. The Morgan fingerprint density at radius 1 is 1.16 bits per heavy atom. The molecule has 0 bridgehead atoms. The topological polar surface area (TPSA) is 45.8 Å². The van der Waals surface area contributed by atoms with Crippen LogP contribution < -0.4 is 0 Å². The average molecular weight is 332 g/mol. The Morgan fingerprint density at radius 3 is 2.68 bits per heavy atom.